The van der Waals surface area contributed by atoms with Crippen LogP contribution < -0.4 is 10.2 Å². The Bertz CT molecular complexity index is 624. The molecule has 3 rings (SSSR count). The normalized spacial score (nSPS) is 15.2. The summed E-state index contributed by atoms with van der Waals surface area (Å²) in [6, 6.07) is 13.7. The summed E-state index contributed by atoms with van der Waals surface area (Å²) in [4.78, 5) is 4.16. The summed E-state index contributed by atoms with van der Waals surface area (Å²) >= 11 is 1.51. The lowest BCUT2D eigenvalue weighted by atomic mass is 10.2. The molecule has 1 aliphatic heterocycles. The smallest absolute Gasteiger partial charge is 0.137 e. The fourth-order valence-electron chi connectivity index (χ4n) is 2.52. The quantitative estimate of drug-likeness (QED) is 0.931. The topological polar surface area (TPSA) is 15.3 Å². The number of piperazine rings is 1. The predicted octanol–water partition coefficient (Wildman–Crippen LogP) is 3.69. The van der Waals surface area contributed by atoms with Gasteiger partial charge in [0, 0.05) is 36.0 Å². The fourth-order valence-corrected chi connectivity index (χ4v) is 3.50. The highest BCUT2D eigenvalue weighted by molar-refractivity contribution is 7.99. The molecule has 2 nitrogen and oxygen atoms in total. The van der Waals surface area contributed by atoms with Crippen LogP contribution in [0.15, 0.2) is 52.3 Å². The average molecular weight is 302 g/mol. The van der Waals surface area contributed by atoms with Gasteiger partial charge in [0.25, 0.3) is 0 Å². The van der Waals surface area contributed by atoms with E-state index >= 15 is 0 Å². The number of anilines is 1. The first-order chi connectivity index (χ1) is 10.2. The van der Waals surface area contributed by atoms with E-state index in [1.165, 1.54) is 17.4 Å². The number of nitrogens with one attached hydrogen (secondary N) is 1. The van der Waals surface area contributed by atoms with Crippen molar-refractivity contribution in [2.24, 2.45) is 0 Å². The molecule has 1 aliphatic rings. The van der Waals surface area contributed by atoms with Crippen molar-refractivity contribution < 1.29 is 4.39 Å². The highest BCUT2D eigenvalue weighted by atomic mass is 32.2. The highest BCUT2D eigenvalue weighted by Gasteiger charge is 2.15. The summed E-state index contributed by atoms with van der Waals surface area (Å²) in [6.07, 6.45) is 0. The molecule has 21 heavy (non-hydrogen) atoms. The summed E-state index contributed by atoms with van der Waals surface area (Å²) in [6.45, 7) is 5.89. The van der Waals surface area contributed by atoms with E-state index in [9.17, 15) is 4.39 Å². The van der Waals surface area contributed by atoms with Crippen molar-refractivity contribution in [1.29, 1.82) is 0 Å². The summed E-state index contributed by atoms with van der Waals surface area (Å²) in [5.74, 6) is -0.143. The van der Waals surface area contributed by atoms with Gasteiger partial charge in [0.2, 0.25) is 0 Å². The Balaban J connectivity index is 1.88. The van der Waals surface area contributed by atoms with E-state index in [0.717, 1.165) is 36.6 Å². The van der Waals surface area contributed by atoms with Crippen molar-refractivity contribution in [1.82, 2.24) is 5.32 Å². The second-order valence-electron chi connectivity index (χ2n) is 5.24. The van der Waals surface area contributed by atoms with Gasteiger partial charge >= 0.3 is 0 Å². The van der Waals surface area contributed by atoms with Crippen molar-refractivity contribution in [2.45, 2.75) is 16.7 Å². The third-order valence-corrected chi connectivity index (χ3v) is 4.75. The minimum absolute atomic E-state index is 0.143. The Hall–Kier alpha value is -1.52. The van der Waals surface area contributed by atoms with Crippen molar-refractivity contribution in [3.05, 3.63) is 53.8 Å². The number of rotatable bonds is 3. The standard InChI is InChI=1S/C17H19FN2S/c1-13-6-7-16(14(18)12-13)21-17-5-3-2-4-15(17)20-10-8-19-9-11-20/h2-7,12,19H,8-11H2,1H3. The molecule has 0 bridgehead atoms. The second kappa shape index (κ2) is 6.50. The first-order valence-corrected chi connectivity index (χ1v) is 8.04. The van der Waals surface area contributed by atoms with Gasteiger partial charge in [-0.25, -0.2) is 4.39 Å². The maximum Gasteiger partial charge on any atom is 0.137 e. The third-order valence-electron chi connectivity index (χ3n) is 3.63. The van der Waals surface area contributed by atoms with Crippen molar-refractivity contribution in [3.63, 3.8) is 0 Å². The van der Waals surface area contributed by atoms with Gasteiger partial charge in [-0.2, -0.15) is 0 Å². The molecule has 2 aromatic rings. The lowest BCUT2D eigenvalue weighted by Crippen LogP contribution is -2.43. The Morgan fingerprint density at radius 3 is 2.57 bits per heavy atom. The van der Waals surface area contributed by atoms with Gasteiger partial charge in [0.15, 0.2) is 0 Å². The number of halogens is 1. The molecule has 0 aromatic heterocycles. The van der Waals surface area contributed by atoms with Crippen molar-refractivity contribution in [2.75, 3.05) is 31.1 Å². The van der Waals surface area contributed by atoms with E-state index in [2.05, 4.69) is 22.3 Å². The highest BCUT2D eigenvalue weighted by Crippen LogP contribution is 2.36. The molecule has 0 saturated carbocycles. The molecule has 1 N–H and O–H groups in total. The van der Waals surface area contributed by atoms with E-state index in [-0.39, 0.29) is 5.82 Å². The van der Waals surface area contributed by atoms with Gasteiger partial charge in [-0.05, 0) is 36.8 Å². The average Bonchev–Trinajstić information content (AvgIpc) is 2.51. The largest absolute Gasteiger partial charge is 0.368 e. The number of aryl methyl sites for hydroxylation is 1. The molecule has 110 valence electrons. The van der Waals surface area contributed by atoms with Crippen LogP contribution in [0.25, 0.3) is 0 Å². The van der Waals surface area contributed by atoms with Crippen LogP contribution in [0, 0.1) is 12.7 Å². The van der Waals surface area contributed by atoms with Crippen LogP contribution in [0.5, 0.6) is 0 Å². The van der Waals surface area contributed by atoms with Crippen LogP contribution in [0.2, 0.25) is 0 Å². The monoisotopic (exact) mass is 302 g/mol. The molecule has 1 saturated heterocycles. The summed E-state index contributed by atoms with van der Waals surface area (Å²) in [5, 5.41) is 3.36. The molecular weight excluding hydrogens is 283 g/mol. The molecule has 0 aliphatic carbocycles. The first kappa shape index (κ1) is 14.4. The number of hydrogen-bond acceptors (Lipinski definition) is 3. The maximum absolute atomic E-state index is 14.1. The predicted molar refractivity (Wildman–Crippen MR) is 86.8 cm³/mol. The van der Waals surface area contributed by atoms with Gasteiger partial charge in [0.05, 0.1) is 5.69 Å². The van der Waals surface area contributed by atoms with E-state index in [1.807, 2.05) is 31.2 Å². The number of para-hydroxylation sites is 1. The summed E-state index contributed by atoms with van der Waals surface area (Å²) in [5.41, 5.74) is 2.15. The third kappa shape index (κ3) is 3.39. The molecule has 0 spiro atoms. The molecule has 1 fully saturated rings. The fraction of sp³-hybridized carbons (Fsp3) is 0.294. The van der Waals surface area contributed by atoms with Gasteiger partial charge in [0.1, 0.15) is 5.82 Å². The zero-order valence-electron chi connectivity index (χ0n) is 12.1. The lowest BCUT2D eigenvalue weighted by molar-refractivity contribution is 0.586. The summed E-state index contributed by atoms with van der Waals surface area (Å²) in [7, 11) is 0. The second-order valence-corrected chi connectivity index (χ2v) is 6.32. The molecule has 0 atom stereocenters. The zero-order valence-corrected chi connectivity index (χ0v) is 12.9. The van der Waals surface area contributed by atoms with Crippen molar-refractivity contribution >= 4 is 17.4 Å². The van der Waals surface area contributed by atoms with Crippen LogP contribution in [-0.4, -0.2) is 26.2 Å². The minimum Gasteiger partial charge on any atom is -0.368 e. The Morgan fingerprint density at radius 1 is 1.05 bits per heavy atom. The molecule has 0 radical (unpaired) electrons. The van der Waals surface area contributed by atoms with E-state index < -0.39 is 0 Å². The van der Waals surface area contributed by atoms with Crippen LogP contribution in [-0.2, 0) is 0 Å². The number of benzene rings is 2. The molecule has 2 aromatic carbocycles. The molecular formula is C17H19FN2S. The molecule has 4 heteroatoms. The van der Waals surface area contributed by atoms with Crippen LogP contribution >= 0.6 is 11.8 Å². The number of hydrogen-bond donors (Lipinski definition) is 1. The summed E-state index contributed by atoms with van der Waals surface area (Å²) < 4.78 is 14.1. The van der Waals surface area contributed by atoms with E-state index in [1.54, 1.807) is 6.07 Å². The SMILES string of the molecule is Cc1ccc(Sc2ccccc2N2CCNCC2)c(F)c1. The van der Waals surface area contributed by atoms with Gasteiger partial charge in [-0.15, -0.1) is 0 Å². The Morgan fingerprint density at radius 2 is 1.81 bits per heavy atom. The van der Waals surface area contributed by atoms with Crippen LogP contribution in [0.1, 0.15) is 5.56 Å². The zero-order chi connectivity index (χ0) is 14.7. The minimum atomic E-state index is -0.143. The van der Waals surface area contributed by atoms with E-state index in [4.69, 9.17) is 0 Å². The molecule has 1 heterocycles. The first-order valence-electron chi connectivity index (χ1n) is 7.23. The van der Waals surface area contributed by atoms with Gasteiger partial charge in [-0.1, -0.05) is 30.0 Å². The molecule has 0 amide bonds. The van der Waals surface area contributed by atoms with Crippen molar-refractivity contribution in [3.8, 4) is 0 Å². The van der Waals surface area contributed by atoms with Crippen LogP contribution in [0.3, 0.4) is 0 Å². The number of nitrogens with zero attached hydrogens (tertiary/aromatic N) is 1. The Kier molecular flexibility index (Phi) is 4.46. The maximum atomic E-state index is 14.1. The lowest BCUT2D eigenvalue weighted by Gasteiger charge is -2.31. The van der Waals surface area contributed by atoms with Gasteiger partial charge in [-0.3, -0.25) is 0 Å². The Labute approximate surface area is 129 Å². The molecule has 0 unspecified atom stereocenters. The van der Waals surface area contributed by atoms with Crippen LogP contribution in [0.4, 0.5) is 10.1 Å². The van der Waals surface area contributed by atoms with Gasteiger partial charge < -0.3 is 10.2 Å². The van der Waals surface area contributed by atoms with E-state index in [0.29, 0.717) is 4.90 Å².